The Morgan fingerprint density at radius 1 is 1.12 bits per heavy atom. The zero-order chi connectivity index (χ0) is 18.8. The van der Waals surface area contributed by atoms with Gasteiger partial charge in [0.1, 0.15) is 24.3 Å². The molecule has 2 rings (SSSR count). The number of rotatable bonds is 11. The summed E-state index contributed by atoms with van der Waals surface area (Å²) in [6.07, 6.45) is 0.205. The van der Waals surface area contributed by atoms with E-state index in [2.05, 4.69) is 4.90 Å². The minimum absolute atomic E-state index is 0.186. The number of aliphatic hydroxyl groups is 1. The van der Waals surface area contributed by atoms with E-state index < -0.39 is 6.10 Å². The second kappa shape index (κ2) is 11.1. The average Bonchev–Trinajstić information content (AvgIpc) is 2.63. The number of hydrogen-bond acceptors (Lipinski definition) is 4. The van der Waals surface area contributed by atoms with Gasteiger partial charge in [0.05, 0.1) is 0 Å². The van der Waals surface area contributed by atoms with Gasteiger partial charge >= 0.3 is 0 Å². The monoisotopic (exact) mass is 381 g/mol. The van der Waals surface area contributed by atoms with E-state index in [-0.39, 0.29) is 12.4 Å². The number of aliphatic hydroxyl groups excluding tert-OH is 1. The van der Waals surface area contributed by atoms with E-state index in [4.69, 9.17) is 21.1 Å². The van der Waals surface area contributed by atoms with Gasteiger partial charge in [-0.25, -0.2) is 4.39 Å². The van der Waals surface area contributed by atoms with Gasteiger partial charge < -0.3 is 14.6 Å². The normalized spacial score (nSPS) is 12.3. The Hall–Kier alpha value is -1.66. The molecular weight excluding hydrogens is 357 g/mol. The first-order valence-electron chi connectivity index (χ1n) is 8.59. The van der Waals surface area contributed by atoms with Crippen molar-refractivity contribution in [2.24, 2.45) is 0 Å². The van der Waals surface area contributed by atoms with E-state index in [1.165, 1.54) is 12.1 Å². The number of hydrogen-bond donors (Lipinski definition) is 1. The first-order valence-corrected chi connectivity index (χ1v) is 8.97. The van der Waals surface area contributed by atoms with Crippen molar-refractivity contribution < 1.29 is 19.0 Å². The molecule has 0 aliphatic rings. The second-order valence-corrected chi connectivity index (χ2v) is 6.56. The lowest BCUT2D eigenvalue weighted by molar-refractivity contribution is 0.0617. The minimum atomic E-state index is -0.645. The molecule has 0 radical (unpaired) electrons. The lowest BCUT2D eigenvalue weighted by Crippen LogP contribution is -2.36. The number of nitrogens with zero attached hydrogens (tertiary/aromatic N) is 1. The quantitative estimate of drug-likeness (QED) is 0.602. The van der Waals surface area contributed by atoms with E-state index >= 15 is 0 Å². The van der Waals surface area contributed by atoms with Gasteiger partial charge in [-0.15, -0.1) is 0 Å². The smallest absolute Gasteiger partial charge is 0.123 e. The van der Waals surface area contributed by atoms with Gasteiger partial charge in [-0.05, 0) is 48.4 Å². The first kappa shape index (κ1) is 20.6. The highest BCUT2D eigenvalue weighted by molar-refractivity contribution is 6.30. The zero-order valence-corrected chi connectivity index (χ0v) is 15.7. The third-order valence-corrected chi connectivity index (χ3v) is 4.12. The zero-order valence-electron chi connectivity index (χ0n) is 14.9. The van der Waals surface area contributed by atoms with E-state index in [0.717, 1.165) is 18.5 Å². The Balaban J connectivity index is 1.86. The van der Waals surface area contributed by atoms with Gasteiger partial charge in [0.15, 0.2) is 0 Å². The molecule has 0 fully saturated rings. The Kier molecular flexibility index (Phi) is 8.85. The molecule has 0 saturated heterocycles. The molecule has 1 atom stereocenters. The standard InChI is InChI=1S/C20H25ClFNO3/c1-25-12-2-11-23(13-16-3-7-18(22)8-4-16)14-19(24)15-26-20-9-5-17(21)6-10-20/h3-10,19,24H,2,11-15H2,1H3. The van der Waals surface area contributed by atoms with Crippen molar-refractivity contribution in [1.29, 1.82) is 0 Å². The summed E-state index contributed by atoms with van der Waals surface area (Å²) >= 11 is 5.85. The third kappa shape index (κ3) is 7.70. The van der Waals surface area contributed by atoms with Crippen LogP contribution in [0.15, 0.2) is 48.5 Å². The van der Waals surface area contributed by atoms with Gasteiger partial charge in [0.2, 0.25) is 0 Å². The Bertz CT molecular complexity index is 637. The summed E-state index contributed by atoms with van der Waals surface area (Å²) in [5.74, 6) is 0.411. The highest BCUT2D eigenvalue weighted by atomic mass is 35.5. The second-order valence-electron chi connectivity index (χ2n) is 6.13. The van der Waals surface area contributed by atoms with Crippen LogP contribution < -0.4 is 4.74 Å². The lowest BCUT2D eigenvalue weighted by Gasteiger charge is -2.25. The molecule has 0 bridgehead atoms. The Labute approximate surface area is 159 Å². The Morgan fingerprint density at radius 2 is 1.81 bits per heavy atom. The summed E-state index contributed by atoms with van der Waals surface area (Å²) in [7, 11) is 1.67. The molecule has 0 amide bonds. The van der Waals surface area contributed by atoms with Gasteiger partial charge in [0, 0.05) is 38.4 Å². The molecule has 2 aromatic rings. The molecule has 0 aliphatic carbocycles. The molecule has 0 heterocycles. The molecule has 1 unspecified atom stereocenters. The molecule has 4 nitrogen and oxygen atoms in total. The molecule has 6 heteroatoms. The third-order valence-electron chi connectivity index (χ3n) is 3.87. The van der Waals surface area contributed by atoms with Crippen molar-refractivity contribution in [1.82, 2.24) is 4.90 Å². The number of ether oxygens (including phenoxy) is 2. The maximum Gasteiger partial charge on any atom is 0.123 e. The molecule has 0 saturated carbocycles. The first-order chi connectivity index (χ1) is 12.6. The van der Waals surface area contributed by atoms with Gasteiger partial charge in [-0.2, -0.15) is 0 Å². The van der Waals surface area contributed by atoms with Crippen LogP contribution in [0.1, 0.15) is 12.0 Å². The average molecular weight is 382 g/mol. The largest absolute Gasteiger partial charge is 0.491 e. The molecule has 0 aromatic heterocycles. The molecule has 0 aliphatic heterocycles. The van der Waals surface area contributed by atoms with Crippen molar-refractivity contribution in [2.75, 3.05) is 33.4 Å². The summed E-state index contributed by atoms with van der Waals surface area (Å²) in [6, 6.07) is 13.4. The summed E-state index contributed by atoms with van der Waals surface area (Å²) in [4.78, 5) is 2.11. The predicted octanol–water partition coefficient (Wildman–Crippen LogP) is 3.76. The van der Waals surface area contributed by atoms with Crippen LogP contribution >= 0.6 is 11.6 Å². The van der Waals surface area contributed by atoms with Crippen LogP contribution in [0.25, 0.3) is 0 Å². The fourth-order valence-corrected chi connectivity index (χ4v) is 2.72. The van der Waals surface area contributed by atoms with Crippen LogP contribution in [0.5, 0.6) is 5.75 Å². The summed E-state index contributed by atoms with van der Waals surface area (Å²) in [5.41, 5.74) is 0.995. The molecule has 26 heavy (non-hydrogen) atoms. The van der Waals surface area contributed by atoms with Crippen LogP contribution in [-0.4, -0.2) is 49.5 Å². The number of halogens is 2. The molecular formula is C20H25ClFNO3. The van der Waals surface area contributed by atoms with E-state index in [9.17, 15) is 9.50 Å². The van der Waals surface area contributed by atoms with Gasteiger partial charge in [-0.1, -0.05) is 23.7 Å². The van der Waals surface area contributed by atoms with Crippen molar-refractivity contribution in [2.45, 2.75) is 19.1 Å². The maximum atomic E-state index is 13.1. The van der Waals surface area contributed by atoms with Crippen molar-refractivity contribution in [3.8, 4) is 5.75 Å². The fraction of sp³-hybridized carbons (Fsp3) is 0.400. The van der Waals surface area contributed by atoms with Crippen LogP contribution in [-0.2, 0) is 11.3 Å². The van der Waals surface area contributed by atoms with Crippen LogP contribution in [0.4, 0.5) is 4.39 Å². The maximum absolute atomic E-state index is 13.1. The SMILES string of the molecule is COCCCN(Cc1ccc(F)cc1)CC(O)COc1ccc(Cl)cc1. The van der Waals surface area contributed by atoms with E-state index in [0.29, 0.717) is 30.5 Å². The lowest BCUT2D eigenvalue weighted by atomic mass is 10.2. The molecule has 2 aromatic carbocycles. The van der Waals surface area contributed by atoms with Gasteiger partial charge in [-0.3, -0.25) is 4.90 Å². The predicted molar refractivity (Wildman–Crippen MR) is 101 cm³/mol. The van der Waals surface area contributed by atoms with Crippen LogP contribution in [0.2, 0.25) is 5.02 Å². The van der Waals surface area contributed by atoms with Crippen LogP contribution in [0, 0.1) is 5.82 Å². The summed E-state index contributed by atoms with van der Waals surface area (Å²) in [6.45, 7) is 2.68. The summed E-state index contributed by atoms with van der Waals surface area (Å²) in [5, 5.41) is 11.0. The highest BCUT2D eigenvalue weighted by Gasteiger charge is 2.13. The minimum Gasteiger partial charge on any atom is -0.491 e. The topological polar surface area (TPSA) is 41.9 Å². The van der Waals surface area contributed by atoms with Crippen molar-refractivity contribution in [3.05, 3.63) is 64.9 Å². The van der Waals surface area contributed by atoms with Crippen molar-refractivity contribution in [3.63, 3.8) is 0 Å². The Morgan fingerprint density at radius 3 is 2.46 bits per heavy atom. The van der Waals surface area contributed by atoms with E-state index in [1.54, 1.807) is 43.5 Å². The number of benzene rings is 2. The van der Waals surface area contributed by atoms with Crippen molar-refractivity contribution >= 4 is 11.6 Å². The van der Waals surface area contributed by atoms with Crippen LogP contribution in [0.3, 0.4) is 0 Å². The van der Waals surface area contributed by atoms with Gasteiger partial charge in [0.25, 0.3) is 0 Å². The summed E-state index contributed by atoms with van der Waals surface area (Å²) < 4.78 is 23.8. The number of methoxy groups -OCH3 is 1. The highest BCUT2D eigenvalue weighted by Crippen LogP contribution is 2.16. The molecule has 0 spiro atoms. The van der Waals surface area contributed by atoms with E-state index in [1.807, 2.05) is 0 Å². The molecule has 1 N–H and O–H groups in total. The molecule has 142 valence electrons. The fourth-order valence-electron chi connectivity index (χ4n) is 2.59.